The molecule has 1 atom stereocenters. The Morgan fingerprint density at radius 2 is 1.68 bits per heavy atom. The first kappa shape index (κ1) is 12.4. The highest BCUT2D eigenvalue weighted by Crippen LogP contribution is 2.37. The molecular formula is C17H16OS. The van der Waals surface area contributed by atoms with Crippen LogP contribution in [-0.2, 0) is 5.60 Å². The first-order valence-electron chi connectivity index (χ1n) is 6.36. The van der Waals surface area contributed by atoms with Gasteiger partial charge < -0.3 is 5.11 Å². The summed E-state index contributed by atoms with van der Waals surface area (Å²) in [5.41, 5.74) is 1.21. The van der Waals surface area contributed by atoms with Gasteiger partial charge in [-0.15, -0.1) is 11.3 Å². The number of fused-ring (bicyclic) bond motifs is 1. The van der Waals surface area contributed by atoms with Gasteiger partial charge in [-0.05, 0) is 36.9 Å². The van der Waals surface area contributed by atoms with Crippen LogP contribution in [-0.4, -0.2) is 5.11 Å². The van der Waals surface area contributed by atoms with Crippen molar-refractivity contribution in [3.63, 3.8) is 0 Å². The van der Waals surface area contributed by atoms with Crippen molar-refractivity contribution in [2.45, 2.75) is 19.4 Å². The lowest BCUT2D eigenvalue weighted by molar-refractivity contribution is 0.106. The third-order valence-electron chi connectivity index (χ3n) is 3.52. The van der Waals surface area contributed by atoms with Crippen LogP contribution < -0.4 is 0 Å². The van der Waals surface area contributed by atoms with E-state index >= 15 is 0 Å². The maximum absolute atomic E-state index is 10.9. The third kappa shape index (κ3) is 2.18. The van der Waals surface area contributed by atoms with E-state index < -0.39 is 5.60 Å². The van der Waals surface area contributed by atoms with Crippen molar-refractivity contribution >= 4 is 21.4 Å². The fraction of sp³-hybridized carbons (Fsp3) is 0.176. The van der Waals surface area contributed by atoms with Gasteiger partial charge in [-0.25, -0.2) is 0 Å². The minimum Gasteiger partial charge on any atom is -0.380 e. The van der Waals surface area contributed by atoms with Crippen LogP contribution in [0.25, 0.3) is 10.1 Å². The number of aliphatic hydroxyl groups is 1. The van der Waals surface area contributed by atoms with E-state index in [-0.39, 0.29) is 0 Å². The van der Waals surface area contributed by atoms with E-state index in [0.29, 0.717) is 0 Å². The van der Waals surface area contributed by atoms with Gasteiger partial charge in [0.05, 0.1) is 0 Å². The van der Waals surface area contributed by atoms with Gasteiger partial charge in [-0.3, -0.25) is 0 Å². The van der Waals surface area contributed by atoms with E-state index in [1.54, 1.807) is 11.3 Å². The quantitative estimate of drug-likeness (QED) is 0.727. The smallest absolute Gasteiger partial charge is 0.121 e. The zero-order valence-corrected chi connectivity index (χ0v) is 11.9. The highest BCUT2D eigenvalue weighted by Gasteiger charge is 2.27. The topological polar surface area (TPSA) is 20.2 Å². The van der Waals surface area contributed by atoms with Crippen molar-refractivity contribution in [2.24, 2.45) is 0 Å². The predicted molar refractivity (Wildman–Crippen MR) is 81.7 cm³/mol. The van der Waals surface area contributed by atoms with E-state index in [1.165, 1.54) is 15.6 Å². The van der Waals surface area contributed by atoms with Crippen LogP contribution in [0.2, 0.25) is 0 Å². The van der Waals surface area contributed by atoms with Gasteiger partial charge in [0.1, 0.15) is 5.60 Å². The van der Waals surface area contributed by atoms with Crippen LogP contribution in [0.15, 0.2) is 54.6 Å². The number of hydrogen-bond donors (Lipinski definition) is 1. The third-order valence-corrected chi connectivity index (χ3v) is 4.85. The second-order valence-electron chi connectivity index (χ2n) is 5.09. The van der Waals surface area contributed by atoms with Crippen molar-refractivity contribution in [3.05, 3.63) is 70.6 Å². The molecule has 19 heavy (non-hydrogen) atoms. The largest absolute Gasteiger partial charge is 0.380 e. The SMILES string of the molecule is Cc1ccc(C(C)(O)c2cc3ccccc3s2)cc1. The lowest BCUT2D eigenvalue weighted by Gasteiger charge is -2.22. The Hall–Kier alpha value is -1.64. The van der Waals surface area contributed by atoms with Gasteiger partial charge in [0.2, 0.25) is 0 Å². The molecule has 2 heteroatoms. The fourth-order valence-corrected chi connectivity index (χ4v) is 3.37. The Morgan fingerprint density at radius 1 is 1.00 bits per heavy atom. The summed E-state index contributed by atoms with van der Waals surface area (Å²) in [6.45, 7) is 3.92. The Labute approximate surface area is 117 Å². The molecule has 0 saturated carbocycles. The summed E-state index contributed by atoms with van der Waals surface area (Å²) >= 11 is 1.65. The van der Waals surface area contributed by atoms with E-state index in [2.05, 4.69) is 25.1 Å². The molecule has 96 valence electrons. The van der Waals surface area contributed by atoms with Crippen LogP contribution in [0.4, 0.5) is 0 Å². The summed E-state index contributed by atoms with van der Waals surface area (Å²) in [5.74, 6) is 0. The molecule has 3 aromatic rings. The van der Waals surface area contributed by atoms with Gasteiger partial charge in [0.15, 0.2) is 0 Å². The normalized spacial score (nSPS) is 14.5. The molecule has 1 unspecified atom stereocenters. The summed E-state index contributed by atoms with van der Waals surface area (Å²) in [4.78, 5) is 0.984. The van der Waals surface area contributed by atoms with Crippen molar-refractivity contribution < 1.29 is 5.11 Å². The predicted octanol–water partition coefficient (Wildman–Crippen LogP) is 4.47. The van der Waals surface area contributed by atoms with Crippen molar-refractivity contribution in [1.29, 1.82) is 0 Å². The summed E-state index contributed by atoms with van der Waals surface area (Å²) in [7, 11) is 0. The first-order chi connectivity index (χ1) is 9.07. The van der Waals surface area contributed by atoms with Gasteiger partial charge in [0, 0.05) is 9.58 Å². The van der Waals surface area contributed by atoms with Crippen LogP contribution in [0.5, 0.6) is 0 Å². The van der Waals surface area contributed by atoms with Crippen LogP contribution in [0.1, 0.15) is 22.9 Å². The summed E-state index contributed by atoms with van der Waals surface area (Å²) < 4.78 is 1.21. The van der Waals surface area contributed by atoms with Crippen LogP contribution >= 0.6 is 11.3 Å². The molecule has 0 radical (unpaired) electrons. The lowest BCUT2D eigenvalue weighted by atomic mass is 9.93. The molecule has 0 aliphatic heterocycles. The zero-order chi connectivity index (χ0) is 13.5. The molecule has 0 aliphatic carbocycles. The maximum Gasteiger partial charge on any atom is 0.121 e. The Balaban J connectivity index is 2.10. The second-order valence-corrected chi connectivity index (χ2v) is 6.17. The maximum atomic E-state index is 10.9. The van der Waals surface area contributed by atoms with Gasteiger partial charge >= 0.3 is 0 Å². The molecular weight excluding hydrogens is 252 g/mol. The van der Waals surface area contributed by atoms with E-state index in [1.807, 2.05) is 43.3 Å². The average Bonchev–Trinajstić information content (AvgIpc) is 2.83. The minimum absolute atomic E-state index is 0.933. The van der Waals surface area contributed by atoms with Crippen LogP contribution in [0.3, 0.4) is 0 Å². The van der Waals surface area contributed by atoms with Crippen molar-refractivity contribution in [1.82, 2.24) is 0 Å². The number of aryl methyl sites for hydroxylation is 1. The van der Waals surface area contributed by atoms with Gasteiger partial charge in [-0.2, -0.15) is 0 Å². The Kier molecular flexibility index (Phi) is 2.92. The molecule has 0 spiro atoms. The first-order valence-corrected chi connectivity index (χ1v) is 7.17. The van der Waals surface area contributed by atoms with Crippen molar-refractivity contribution in [2.75, 3.05) is 0 Å². The second kappa shape index (κ2) is 4.48. The molecule has 0 aliphatic rings. The van der Waals surface area contributed by atoms with Gasteiger partial charge in [0.25, 0.3) is 0 Å². The van der Waals surface area contributed by atoms with Crippen LogP contribution in [0, 0.1) is 6.92 Å². The van der Waals surface area contributed by atoms with Gasteiger partial charge in [-0.1, -0.05) is 48.0 Å². The van der Waals surface area contributed by atoms with E-state index in [0.717, 1.165) is 10.4 Å². The zero-order valence-electron chi connectivity index (χ0n) is 11.1. The Bertz CT molecular complexity index is 674. The molecule has 0 bridgehead atoms. The summed E-state index contributed by atoms with van der Waals surface area (Å²) in [5, 5.41) is 12.0. The standard InChI is InChI=1S/C17H16OS/c1-12-7-9-14(10-8-12)17(2,18)16-11-13-5-3-4-6-15(13)19-16/h3-11,18H,1-2H3. The average molecular weight is 268 g/mol. The molecule has 0 saturated heterocycles. The van der Waals surface area contributed by atoms with E-state index in [9.17, 15) is 5.11 Å². The molecule has 3 rings (SSSR count). The lowest BCUT2D eigenvalue weighted by Crippen LogP contribution is -2.21. The fourth-order valence-electron chi connectivity index (χ4n) is 2.24. The number of rotatable bonds is 2. The molecule has 0 fully saturated rings. The monoisotopic (exact) mass is 268 g/mol. The molecule has 2 aromatic carbocycles. The molecule has 1 heterocycles. The highest BCUT2D eigenvalue weighted by atomic mass is 32.1. The Morgan fingerprint density at radius 3 is 2.37 bits per heavy atom. The molecule has 0 amide bonds. The minimum atomic E-state index is -0.933. The summed E-state index contributed by atoms with van der Waals surface area (Å²) in [6, 6.07) is 18.4. The molecule has 1 N–H and O–H groups in total. The van der Waals surface area contributed by atoms with Crippen molar-refractivity contribution in [3.8, 4) is 0 Å². The number of hydrogen-bond acceptors (Lipinski definition) is 2. The van der Waals surface area contributed by atoms with E-state index in [4.69, 9.17) is 0 Å². The highest BCUT2D eigenvalue weighted by molar-refractivity contribution is 7.19. The number of thiophene rings is 1. The summed E-state index contributed by atoms with van der Waals surface area (Å²) in [6.07, 6.45) is 0. The number of benzene rings is 2. The molecule has 1 nitrogen and oxygen atoms in total. The molecule has 1 aromatic heterocycles.